The third kappa shape index (κ3) is 2.84. The van der Waals surface area contributed by atoms with E-state index >= 15 is 0 Å². The van der Waals surface area contributed by atoms with Gasteiger partial charge in [0.05, 0.1) is 19.0 Å². The van der Waals surface area contributed by atoms with Crippen molar-refractivity contribution < 1.29 is 24.9 Å². The van der Waals surface area contributed by atoms with Crippen molar-refractivity contribution in [3.05, 3.63) is 16.7 Å². The number of aliphatic carboxylic acids is 1. The Labute approximate surface area is 134 Å². The molecule has 1 aliphatic heterocycles. The van der Waals surface area contributed by atoms with Crippen LogP contribution in [0.15, 0.2) is 11.1 Å². The van der Waals surface area contributed by atoms with Crippen LogP contribution >= 0.6 is 0 Å². The zero-order chi connectivity index (χ0) is 17.4. The molecule has 11 nitrogen and oxygen atoms in total. The number of aliphatic hydroxyl groups excluding tert-OH is 2. The number of ether oxygens (including phenoxy) is 1. The van der Waals surface area contributed by atoms with Crippen molar-refractivity contribution in [2.24, 2.45) is 0 Å². The van der Waals surface area contributed by atoms with Gasteiger partial charge in [-0.1, -0.05) is 0 Å². The van der Waals surface area contributed by atoms with Gasteiger partial charge in [0, 0.05) is 6.42 Å². The lowest BCUT2D eigenvalue weighted by Crippen LogP contribution is -2.28. The quantitative estimate of drug-likeness (QED) is 0.443. The summed E-state index contributed by atoms with van der Waals surface area (Å²) in [5.41, 5.74) is -0.278. The first-order valence-corrected chi connectivity index (χ1v) is 7.31. The van der Waals surface area contributed by atoms with E-state index in [1.165, 1.54) is 17.8 Å². The number of fused-ring (bicyclic) bond motifs is 1. The fourth-order valence-corrected chi connectivity index (χ4v) is 2.52. The topological polar surface area (TPSA) is 163 Å². The molecule has 4 unspecified atom stereocenters. The summed E-state index contributed by atoms with van der Waals surface area (Å²) >= 11 is 0. The minimum atomic E-state index is -1.10. The Hall–Kier alpha value is -2.50. The lowest BCUT2D eigenvalue weighted by molar-refractivity contribution is -0.137. The number of rotatable bonds is 5. The van der Waals surface area contributed by atoms with Crippen LogP contribution in [0.5, 0.6) is 0 Å². The van der Waals surface area contributed by atoms with Gasteiger partial charge in [0.1, 0.15) is 18.4 Å². The number of carbonyl (C=O) groups is 1. The van der Waals surface area contributed by atoms with Gasteiger partial charge in [0.2, 0.25) is 5.95 Å². The monoisotopic (exact) mass is 339 g/mol. The number of nitrogens with one attached hydrogen (secondary N) is 2. The normalized spacial score (nSPS) is 25.0. The zero-order valence-electron chi connectivity index (χ0n) is 12.7. The number of carboxylic acid groups (broad SMARTS) is 1. The van der Waals surface area contributed by atoms with E-state index in [1.54, 1.807) is 0 Å². The van der Waals surface area contributed by atoms with Crippen molar-refractivity contribution in [3.8, 4) is 0 Å². The number of nitrogens with zero attached hydrogens (tertiary/aromatic N) is 3. The molecule has 130 valence electrons. The molecule has 3 rings (SSSR count). The molecule has 0 aliphatic carbocycles. The first-order chi connectivity index (χ1) is 11.4. The predicted octanol–water partition coefficient (Wildman–Crippen LogP) is -1.35. The summed E-state index contributed by atoms with van der Waals surface area (Å²) in [5.74, 6) is -1.11. The Kier molecular flexibility index (Phi) is 4.22. The maximum Gasteiger partial charge on any atom is 0.325 e. The number of H-pyrrole nitrogens is 1. The van der Waals surface area contributed by atoms with Crippen molar-refractivity contribution in [2.45, 2.75) is 37.8 Å². The van der Waals surface area contributed by atoms with Gasteiger partial charge in [0.15, 0.2) is 11.2 Å². The number of anilines is 1. The third-order valence-corrected chi connectivity index (χ3v) is 3.85. The molecular weight excluding hydrogens is 322 g/mol. The van der Waals surface area contributed by atoms with E-state index in [4.69, 9.17) is 14.9 Å². The van der Waals surface area contributed by atoms with Crippen LogP contribution in [0.1, 0.15) is 19.6 Å². The van der Waals surface area contributed by atoms with Gasteiger partial charge in [0.25, 0.3) is 5.56 Å². The van der Waals surface area contributed by atoms with Gasteiger partial charge in [-0.15, -0.1) is 0 Å². The van der Waals surface area contributed by atoms with Gasteiger partial charge in [-0.2, -0.15) is 4.98 Å². The second-order valence-electron chi connectivity index (χ2n) is 5.56. The standard InChI is InChI=1S/C13H17N5O6/c1-5(12(22)23)15-13-16-10-9(11(21)17-13)14-4-18(10)8-2-6(20)7(3-19)24-8/h4-8,19-20H,2-3H2,1H3,(H,22,23)(H2,15,16,17,21). The average Bonchev–Trinajstić information content (AvgIpc) is 3.10. The molecule has 0 amide bonds. The van der Waals surface area contributed by atoms with Crippen molar-refractivity contribution in [3.63, 3.8) is 0 Å². The molecule has 2 aromatic heterocycles. The SMILES string of the molecule is CC(Nc1nc2c(ncn2C2CC(O)C(CO)O2)c(=O)[nH]1)C(=O)O. The summed E-state index contributed by atoms with van der Waals surface area (Å²) in [6.45, 7) is 1.08. The molecule has 5 N–H and O–H groups in total. The zero-order valence-corrected chi connectivity index (χ0v) is 12.7. The van der Waals surface area contributed by atoms with Crippen LogP contribution in [0, 0.1) is 0 Å². The number of aliphatic hydroxyl groups is 2. The Morgan fingerprint density at radius 1 is 1.62 bits per heavy atom. The molecule has 2 aromatic rings. The summed E-state index contributed by atoms with van der Waals surface area (Å²) < 4.78 is 7.00. The molecule has 1 fully saturated rings. The molecule has 0 spiro atoms. The maximum absolute atomic E-state index is 12.1. The molecule has 0 radical (unpaired) electrons. The number of aromatic nitrogens is 4. The molecule has 1 aliphatic rings. The van der Waals surface area contributed by atoms with E-state index in [9.17, 15) is 14.7 Å². The van der Waals surface area contributed by atoms with Crippen LogP contribution in [-0.4, -0.2) is 65.7 Å². The Balaban J connectivity index is 1.97. The highest BCUT2D eigenvalue weighted by Gasteiger charge is 2.35. The summed E-state index contributed by atoms with van der Waals surface area (Å²) in [6, 6.07) is -0.953. The number of imidazole rings is 1. The molecule has 3 heterocycles. The smallest absolute Gasteiger partial charge is 0.325 e. The maximum atomic E-state index is 12.1. The first-order valence-electron chi connectivity index (χ1n) is 7.31. The summed E-state index contributed by atoms with van der Waals surface area (Å²) in [7, 11) is 0. The molecule has 24 heavy (non-hydrogen) atoms. The van der Waals surface area contributed by atoms with Crippen LogP contribution in [0.2, 0.25) is 0 Å². The van der Waals surface area contributed by atoms with Crippen molar-refractivity contribution in [1.82, 2.24) is 19.5 Å². The van der Waals surface area contributed by atoms with Crippen LogP contribution in [-0.2, 0) is 9.53 Å². The van der Waals surface area contributed by atoms with E-state index in [0.29, 0.717) is 0 Å². The minimum Gasteiger partial charge on any atom is -0.480 e. The largest absolute Gasteiger partial charge is 0.480 e. The Bertz CT molecular complexity index is 817. The molecule has 0 saturated carbocycles. The number of hydrogen-bond acceptors (Lipinski definition) is 8. The molecular formula is C13H17N5O6. The number of hydrogen-bond donors (Lipinski definition) is 5. The first kappa shape index (κ1) is 16.4. The average molecular weight is 339 g/mol. The van der Waals surface area contributed by atoms with E-state index in [-0.39, 0.29) is 30.1 Å². The van der Waals surface area contributed by atoms with E-state index in [0.717, 1.165) is 0 Å². The van der Waals surface area contributed by atoms with Crippen LogP contribution in [0.25, 0.3) is 11.2 Å². The fourth-order valence-electron chi connectivity index (χ4n) is 2.52. The van der Waals surface area contributed by atoms with E-state index in [2.05, 4.69) is 20.3 Å². The molecule has 0 aromatic carbocycles. The highest BCUT2D eigenvalue weighted by atomic mass is 16.5. The fraction of sp³-hybridized carbons (Fsp3) is 0.538. The second kappa shape index (κ2) is 6.19. The molecule has 0 bridgehead atoms. The number of aromatic amines is 1. The predicted molar refractivity (Wildman–Crippen MR) is 80.5 cm³/mol. The third-order valence-electron chi connectivity index (χ3n) is 3.85. The number of carboxylic acids is 1. The van der Waals surface area contributed by atoms with Crippen LogP contribution < -0.4 is 10.9 Å². The summed E-state index contributed by atoms with van der Waals surface area (Å²) in [6.07, 6.45) is -0.641. The Morgan fingerprint density at radius 2 is 2.38 bits per heavy atom. The van der Waals surface area contributed by atoms with Gasteiger partial charge in [-0.25, -0.2) is 4.98 Å². The highest BCUT2D eigenvalue weighted by molar-refractivity contribution is 5.77. The molecule has 1 saturated heterocycles. The summed E-state index contributed by atoms with van der Waals surface area (Å²) in [5, 5.41) is 30.5. The van der Waals surface area contributed by atoms with Gasteiger partial charge >= 0.3 is 5.97 Å². The van der Waals surface area contributed by atoms with Gasteiger partial charge in [-0.3, -0.25) is 19.1 Å². The van der Waals surface area contributed by atoms with Crippen molar-refractivity contribution in [1.29, 1.82) is 0 Å². The Morgan fingerprint density at radius 3 is 3.00 bits per heavy atom. The molecule has 11 heteroatoms. The molecule has 4 atom stereocenters. The van der Waals surface area contributed by atoms with Crippen LogP contribution in [0.3, 0.4) is 0 Å². The van der Waals surface area contributed by atoms with Gasteiger partial charge in [-0.05, 0) is 6.92 Å². The lowest BCUT2D eigenvalue weighted by atomic mass is 10.2. The minimum absolute atomic E-state index is 0.0126. The summed E-state index contributed by atoms with van der Waals surface area (Å²) in [4.78, 5) is 33.6. The highest BCUT2D eigenvalue weighted by Crippen LogP contribution is 2.30. The van der Waals surface area contributed by atoms with Crippen LogP contribution in [0.4, 0.5) is 5.95 Å². The van der Waals surface area contributed by atoms with E-state index < -0.39 is 36.0 Å². The van der Waals surface area contributed by atoms with Gasteiger partial charge < -0.3 is 25.4 Å². The van der Waals surface area contributed by atoms with Crippen molar-refractivity contribution in [2.75, 3.05) is 11.9 Å². The van der Waals surface area contributed by atoms with E-state index in [1.807, 2.05) is 0 Å². The van der Waals surface area contributed by atoms with Crippen molar-refractivity contribution >= 4 is 23.1 Å². The lowest BCUT2D eigenvalue weighted by Gasteiger charge is -2.14. The second-order valence-corrected chi connectivity index (χ2v) is 5.56.